The number of rotatable bonds is 3. The van der Waals surface area contributed by atoms with Gasteiger partial charge in [-0.1, -0.05) is 0 Å². The third-order valence-corrected chi connectivity index (χ3v) is 4.84. The lowest BCUT2D eigenvalue weighted by molar-refractivity contribution is 0.375. The Morgan fingerprint density at radius 2 is 1.59 bits per heavy atom. The van der Waals surface area contributed by atoms with E-state index in [4.69, 9.17) is 4.42 Å². The summed E-state index contributed by atoms with van der Waals surface area (Å²) in [4.78, 5) is 11.1. The van der Waals surface area contributed by atoms with Crippen LogP contribution in [0.4, 0.5) is 5.82 Å². The van der Waals surface area contributed by atoms with Crippen molar-refractivity contribution in [3.63, 3.8) is 0 Å². The maximum absolute atomic E-state index is 5.86. The van der Waals surface area contributed by atoms with Crippen molar-refractivity contribution < 1.29 is 4.42 Å². The zero-order valence-corrected chi connectivity index (χ0v) is 13.1. The van der Waals surface area contributed by atoms with E-state index in [1.807, 2.05) is 6.92 Å². The Kier molecular flexibility index (Phi) is 3.32. The minimum atomic E-state index is 0.388. The first-order valence-electron chi connectivity index (χ1n) is 8.09. The van der Waals surface area contributed by atoms with Crippen LogP contribution in [-0.2, 0) is 0 Å². The molecule has 3 heterocycles. The fourth-order valence-electron chi connectivity index (χ4n) is 3.09. The van der Waals surface area contributed by atoms with Crippen LogP contribution in [0.3, 0.4) is 0 Å². The molecule has 2 aromatic heterocycles. The summed E-state index contributed by atoms with van der Waals surface area (Å²) in [6.45, 7) is 6.08. The van der Waals surface area contributed by atoms with E-state index in [1.54, 1.807) is 6.33 Å². The molecule has 0 spiro atoms. The van der Waals surface area contributed by atoms with Crippen molar-refractivity contribution in [2.24, 2.45) is 0 Å². The molecule has 2 aromatic rings. The Labute approximate surface area is 130 Å². The summed E-state index contributed by atoms with van der Waals surface area (Å²) >= 11 is 0. The minimum absolute atomic E-state index is 0.388. The van der Waals surface area contributed by atoms with Crippen molar-refractivity contribution in [3.05, 3.63) is 29.4 Å². The van der Waals surface area contributed by atoms with Crippen molar-refractivity contribution in [2.75, 3.05) is 18.0 Å². The second-order valence-corrected chi connectivity index (χ2v) is 6.42. The molecule has 2 fully saturated rings. The normalized spacial score (nSPS) is 19.6. The molecule has 0 radical (unpaired) electrons. The largest absolute Gasteiger partial charge is 0.425 e. The monoisotopic (exact) mass is 299 g/mol. The van der Waals surface area contributed by atoms with Crippen molar-refractivity contribution in [1.29, 1.82) is 0 Å². The summed E-state index contributed by atoms with van der Waals surface area (Å²) in [6.07, 6.45) is 6.13. The summed E-state index contributed by atoms with van der Waals surface area (Å²) in [5, 5.41) is 8.48. The van der Waals surface area contributed by atoms with Crippen LogP contribution in [-0.4, -0.2) is 33.3 Å². The Morgan fingerprint density at radius 1 is 0.955 bits per heavy atom. The average Bonchev–Trinajstić information content (AvgIpc) is 3.28. The quantitative estimate of drug-likeness (QED) is 0.868. The molecule has 0 N–H and O–H groups in total. The molecule has 1 aliphatic heterocycles. The van der Waals surface area contributed by atoms with Gasteiger partial charge in [0.05, 0.1) is 0 Å². The molecule has 0 amide bonds. The molecule has 4 rings (SSSR count). The van der Waals surface area contributed by atoms with Crippen molar-refractivity contribution >= 4 is 5.82 Å². The Hall–Kier alpha value is -1.98. The molecule has 2 aliphatic rings. The highest BCUT2D eigenvalue weighted by Crippen LogP contribution is 2.40. The summed E-state index contributed by atoms with van der Waals surface area (Å²) in [6, 6.07) is 0. The van der Waals surface area contributed by atoms with Crippen LogP contribution in [0.2, 0.25) is 0 Å². The fraction of sp³-hybridized carbons (Fsp3) is 0.625. The van der Waals surface area contributed by atoms with Gasteiger partial charge < -0.3 is 9.32 Å². The summed E-state index contributed by atoms with van der Waals surface area (Å²) in [7, 11) is 0. The third kappa shape index (κ3) is 2.46. The van der Waals surface area contributed by atoms with Gasteiger partial charge in [0, 0.05) is 36.2 Å². The average molecular weight is 299 g/mol. The topological polar surface area (TPSA) is 67.9 Å². The fourth-order valence-corrected chi connectivity index (χ4v) is 3.09. The second kappa shape index (κ2) is 5.34. The predicted molar refractivity (Wildman–Crippen MR) is 82.0 cm³/mol. The molecule has 1 aliphatic carbocycles. The lowest BCUT2D eigenvalue weighted by atomic mass is 9.96. The van der Waals surface area contributed by atoms with Gasteiger partial charge in [-0.3, -0.25) is 0 Å². The van der Waals surface area contributed by atoms with Gasteiger partial charge in [0.1, 0.15) is 12.1 Å². The van der Waals surface area contributed by atoms with Gasteiger partial charge >= 0.3 is 0 Å². The van der Waals surface area contributed by atoms with Crippen LogP contribution in [0.25, 0.3) is 0 Å². The van der Waals surface area contributed by atoms with Gasteiger partial charge in [0.15, 0.2) is 0 Å². The van der Waals surface area contributed by atoms with Crippen LogP contribution in [0.5, 0.6) is 0 Å². The van der Waals surface area contributed by atoms with Crippen molar-refractivity contribution in [2.45, 2.75) is 51.4 Å². The molecule has 0 aromatic carbocycles. The summed E-state index contributed by atoms with van der Waals surface area (Å²) in [5.74, 6) is 3.67. The molecular weight excluding hydrogens is 278 g/mol. The molecule has 1 saturated carbocycles. The number of anilines is 1. The SMILES string of the molecule is Cc1ncnc(N2CCC(c3nnc(C4CC4)o3)CC2)c1C. The Bertz CT molecular complexity index is 671. The summed E-state index contributed by atoms with van der Waals surface area (Å²) in [5.41, 5.74) is 2.23. The number of aromatic nitrogens is 4. The lowest BCUT2D eigenvalue weighted by Gasteiger charge is -2.32. The maximum atomic E-state index is 5.86. The van der Waals surface area contributed by atoms with Crippen molar-refractivity contribution in [3.8, 4) is 0 Å². The first kappa shape index (κ1) is 13.7. The highest BCUT2D eigenvalue weighted by Gasteiger charge is 2.32. The van der Waals surface area contributed by atoms with E-state index in [1.165, 1.54) is 18.4 Å². The van der Waals surface area contributed by atoms with E-state index in [-0.39, 0.29) is 0 Å². The maximum Gasteiger partial charge on any atom is 0.219 e. The molecule has 6 heteroatoms. The molecule has 22 heavy (non-hydrogen) atoms. The van der Waals surface area contributed by atoms with Gasteiger partial charge in [-0.2, -0.15) is 0 Å². The van der Waals surface area contributed by atoms with Gasteiger partial charge in [0.25, 0.3) is 0 Å². The molecule has 0 unspecified atom stereocenters. The van der Waals surface area contributed by atoms with Crippen LogP contribution in [0.1, 0.15) is 60.6 Å². The minimum Gasteiger partial charge on any atom is -0.425 e. The molecule has 0 atom stereocenters. The van der Waals surface area contributed by atoms with E-state index in [2.05, 4.69) is 32.0 Å². The van der Waals surface area contributed by atoms with Crippen LogP contribution in [0.15, 0.2) is 10.7 Å². The number of nitrogens with zero attached hydrogens (tertiary/aromatic N) is 5. The highest BCUT2D eigenvalue weighted by molar-refractivity contribution is 5.47. The number of hydrogen-bond donors (Lipinski definition) is 0. The molecule has 0 bridgehead atoms. The third-order valence-electron chi connectivity index (χ3n) is 4.84. The van der Waals surface area contributed by atoms with E-state index in [0.717, 1.165) is 49.2 Å². The predicted octanol–water partition coefficient (Wildman–Crippen LogP) is 2.74. The number of piperidine rings is 1. The van der Waals surface area contributed by atoms with Crippen LogP contribution < -0.4 is 4.90 Å². The first-order chi connectivity index (χ1) is 10.7. The highest BCUT2D eigenvalue weighted by atomic mass is 16.4. The van der Waals surface area contributed by atoms with E-state index in [0.29, 0.717) is 11.8 Å². The van der Waals surface area contributed by atoms with Gasteiger partial charge in [0.2, 0.25) is 11.8 Å². The summed E-state index contributed by atoms with van der Waals surface area (Å²) < 4.78 is 5.86. The smallest absolute Gasteiger partial charge is 0.219 e. The Balaban J connectivity index is 1.44. The molecule has 6 nitrogen and oxygen atoms in total. The van der Waals surface area contributed by atoms with Crippen LogP contribution in [0, 0.1) is 13.8 Å². The standard InChI is InChI=1S/C16H21N5O/c1-10-11(2)17-9-18-14(10)21-7-5-13(6-8-21)16-20-19-15(22-16)12-3-4-12/h9,12-13H,3-8H2,1-2H3. The number of hydrogen-bond acceptors (Lipinski definition) is 6. The van der Waals surface area contributed by atoms with E-state index < -0.39 is 0 Å². The Morgan fingerprint density at radius 3 is 2.23 bits per heavy atom. The molecule has 1 saturated heterocycles. The van der Waals surface area contributed by atoms with Gasteiger partial charge in [-0.25, -0.2) is 9.97 Å². The lowest BCUT2D eigenvalue weighted by Crippen LogP contribution is -2.34. The molecular formula is C16H21N5O. The van der Waals surface area contributed by atoms with Crippen molar-refractivity contribution in [1.82, 2.24) is 20.2 Å². The second-order valence-electron chi connectivity index (χ2n) is 6.42. The number of aryl methyl sites for hydroxylation is 1. The van der Waals surface area contributed by atoms with Gasteiger partial charge in [-0.05, 0) is 39.5 Å². The zero-order chi connectivity index (χ0) is 15.1. The first-order valence-corrected chi connectivity index (χ1v) is 8.09. The zero-order valence-electron chi connectivity index (χ0n) is 13.1. The van der Waals surface area contributed by atoms with Crippen LogP contribution >= 0.6 is 0 Å². The van der Waals surface area contributed by atoms with Gasteiger partial charge in [-0.15, -0.1) is 10.2 Å². The van der Waals surface area contributed by atoms with E-state index >= 15 is 0 Å². The van der Waals surface area contributed by atoms with E-state index in [9.17, 15) is 0 Å². The molecule has 116 valence electrons.